The molecule has 0 spiro atoms. The van der Waals surface area contributed by atoms with Crippen molar-refractivity contribution in [2.75, 3.05) is 0 Å². The van der Waals surface area contributed by atoms with Gasteiger partial charge in [0.05, 0.1) is 0 Å². The summed E-state index contributed by atoms with van der Waals surface area (Å²) in [6.45, 7) is 4.16. The molecule has 0 aliphatic rings. The van der Waals surface area contributed by atoms with Gasteiger partial charge in [0, 0.05) is 4.86 Å². The van der Waals surface area contributed by atoms with Gasteiger partial charge in [-0.3, -0.25) is 0 Å². The predicted molar refractivity (Wildman–Crippen MR) is 57.8 cm³/mol. The summed E-state index contributed by atoms with van der Waals surface area (Å²) in [5, 5.41) is 0. The van der Waals surface area contributed by atoms with Crippen molar-refractivity contribution in [1.29, 1.82) is 0 Å². The molecule has 0 nitrogen and oxygen atoms in total. The first-order valence-electron chi connectivity index (χ1n) is 4.34. The summed E-state index contributed by atoms with van der Waals surface area (Å²) in [4.78, 5) is 0.970. The molecule has 0 amide bonds. The van der Waals surface area contributed by atoms with Crippen LogP contribution < -0.4 is 0 Å². The number of aryl methyl sites for hydroxylation is 1. The molecular weight excluding hydrogens is 164 g/mol. The lowest BCUT2D eigenvalue weighted by atomic mass is 10.1. The molecule has 0 fully saturated rings. The zero-order valence-corrected chi connectivity index (χ0v) is 8.45. The Hall–Kier alpha value is -0.690. The highest BCUT2D eigenvalue weighted by atomic mass is 32.1. The van der Waals surface area contributed by atoms with Crippen molar-refractivity contribution in [3.05, 3.63) is 35.4 Å². The second-order valence-corrected chi connectivity index (χ2v) is 3.62. The molecule has 0 radical (unpaired) electrons. The van der Waals surface area contributed by atoms with E-state index in [0.29, 0.717) is 0 Å². The second-order valence-electron chi connectivity index (χ2n) is 3.00. The van der Waals surface area contributed by atoms with Gasteiger partial charge in [0.1, 0.15) is 0 Å². The van der Waals surface area contributed by atoms with Gasteiger partial charge in [-0.25, -0.2) is 0 Å². The van der Waals surface area contributed by atoms with E-state index < -0.39 is 0 Å². The molecular formula is C11H14S. The monoisotopic (exact) mass is 178 g/mol. The molecule has 0 unspecified atom stereocenters. The number of rotatable bonds is 3. The van der Waals surface area contributed by atoms with Crippen molar-refractivity contribution < 1.29 is 0 Å². The summed E-state index contributed by atoms with van der Waals surface area (Å²) >= 11 is 5.07. The molecule has 0 bridgehead atoms. The molecule has 0 N–H and O–H groups in total. The van der Waals surface area contributed by atoms with Crippen molar-refractivity contribution in [3.8, 4) is 0 Å². The number of thiocarbonyl (C=S) groups is 1. The second kappa shape index (κ2) is 4.36. The minimum atomic E-state index is 0.970. The quantitative estimate of drug-likeness (QED) is 0.505. The standard InChI is InChI=1S/C11H14S/c1-3-4-10-5-7-11(8-6-10)9(2)12/h5-8H,3-4H2,1-2H3. The van der Waals surface area contributed by atoms with Crippen LogP contribution in [0, 0.1) is 0 Å². The average molecular weight is 178 g/mol. The minimum Gasteiger partial charge on any atom is -0.0846 e. The van der Waals surface area contributed by atoms with Crippen LogP contribution >= 0.6 is 12.2 Å². The Morgan fingerprint density at radius 2 is 1.83 bits per heavy atom. The first-order valence-corrected chi connectivity index (χ1v) is 4.74. The minimum absolute atomic E-state index is 0.970. The van der Waals surface area contributed by atoms with E-state index in [9.17, 15) is 0 Å². The van der Waals surface area contributed by atoms with Gasteiger partial charge < -0.3 is 0 Å². The van der Waals surface area contributed by atoms with Crippen LogP contribution in [-0.2, 0) is 6.42 Å². The summed E-state index contributed by atoms with van der Waals surface area (Å²) in [5.41, 5.74) is 2.57. The van der Waals surface area contributed by atoms with E-state index in [1.807, 2.05) is 6.92 Å². The molecule has 1 heteroatoms. The highest BCUT2D eigenvalue weighted by Crippen LogP contribution is 2.07. The fraction of sp³-hybridized carbons (Fsp3) is 0.364. The highest BCUT2D eigenvalue weighted by Gasteiger charge is 1.94. The Labute approximate surface area is 79.6 Å². The third-order valence-electron chi connectivity index (χ3n) is 1.90. The van der Waals surface area contributed by atoms with E-state index >= 15 is 0 Å². The first-order chi connectivity index (χ1) is 5.74. The van der Waals surface area contributed by atoms with Gasteiger partial charge in [0.15, 0.2) is 0 Å². The molecule has 0 atom stereocenters. The van der Waals surface area contributed by atoms with Crippen LogP contribution in [0.3, 0.4) is 0 Å². The molecule has 0 aliphatic heterocycles. The maximum Gasteiger partial charge on any atom is 0.0193 e. The van der Waals surface area contributed by atoms with Crippen LogP contribution in [0.25, 0.3) is 0 Å². The highest BCUT2D eigenvalue weighted by molar-refractivity contribution is 7.80. The van der Waals surface area contributed by atoms with Gasteiger partial charge in [-0.1, -0.05) is 49.8 Å². The molecule has 1 aromatic carbocycles. The summed E-state index contributed by atoms with van der Waals surface area (Å²) in [6.07, 6.45) is 2.37. The number of hydrogen-bond acceptors (Lipinski definition) is 1. The Bertz CT molecular complexity index is 259. The maximum atomic E-state index is 5.07. The van der Waals surface area contributed by atoms with Crippen LogP contribution in [0.2, 0.25) is 0 Å². The topological polar surface area (TPSA) is 0 Å². The van der Waals surface area contributed by atoms with E-state index in [-0.39, 0.29) is 0 Å². The van der Waals surface area contributed by atoms with Crippen molar-refractivity contribution in [2.45, 2.75) is 26.7 Å². The molecule has 0 saturated heterocycles. The van der Waals surface area contributed by atoms with Crippen LogP contribution in [-0.4, -0.2) is 4.86 Å². The Morgan fingerprint density at radius 1 is 1.25 bits per heavy atom. The van der Waals surface area contributed by atoms with E-state index in [4.69, 9.17) is 12.2 Å². The van der Waals surface area contributed by atoms with Crippen LogP contribution in [0.15, 0.2) is 24.3 Å². The Kier molecular flexibility index (Phi) is 3.42. The lowest BCUT2D eigenvalue weighted by molar-refractivity contribution is 0.922. The fourth-order valence-electron chi connectivity index (χ4n) is 1.19. The van der Waals surface area contributed by atoms with Crippen LogP contribution in [0.1, 0.15) is 31.4 Å². The van der Waals surface area contributed by atoms with E-state index in [2.05, 4.69) is 31.2 Å². The molecule has 1 aromatic rings. The lowest BCUT2D eigenvalue weighted by Crippen LogP contribution is -1.90. The van der Waals surface area contributed by atoms with Gasteiger partial charge in [-0.2, -0.15) is 0 Å². The van der Waals surface area contributed by atoms with Gasteiger partial charge >= 0.3 is 0 Å². The molecule has 0 heterocycles. The van der Waals surface area contributed by atoms with Crippen molar-refractivity contribution in [2.24, 2.45) is 0 Å². The normalized spacial score (nSPS) is 9.83. The van der Waals surface area contributed by atoms with Crippen LogP contribution in [0.4, 0.5) is 0 Å². The van der Waals surface area contributed by atoms with E-state index in [1.165, 1.54) is 17.5 Å². The van der Waals surface area contributed by atoms with E-state index in [1.54, 1.807) is 0 Å². The zero-order valence-electron chi connectivity index (χ0n) is 7.63. The number of hydrogen-bond donors (Lipinski definition) is 0. The van der Waals surface area contributed by atoms with Gasteiger partial charge in [0.25, 0.3) is 0 Å². The SMILES string of the molecule is CCCc1ccc(C(C)=S)cc1. The van der Waals surface area contributed by atoms with Gasteiger partial charge in [0.2, 0.25) is 0 Å². The summed E-state index contributed by atoms with van der Waals surface area (Å²) < 4.78 is 0. The number of benzene rings is 1. The Balaban J connectivity index is 2.78. The van der Waals surface area contributed by atoms with Crippen LogP contribution in [0.5, 0.6) is 0 Å². The zero-order chi connectivity index (χ0) is 8.97. The molecule has 1 rings (SSSR count). The molecule has 0 aromatic heterocycles. The summed E-state index contributed by atoms with van der Waals surface area (Å²) in [6, 6.07) is 8.53. The van der Waals surface area contributed by atoms with Gasteiger partial charge in [-0.05, 0) is 24.5 Å². The van der Waals surface area contributed by atoms with E-state index in [0.717, 1.165) is 11.3 Å². The fourth-order valence-corrected chi connectivity index (χ4v) is 1.33. The maximum absolute atomic E-state index is 5.07. The average Bonchev–Trinajstić information content (AvgIpc) is 2.06. The predicted octanol–water partition coefficient (Wildman–Crippen LogP) is 3.38. The molecule has 64 valence electrons. The van der Waals surface area contributed by atoms with Gasteiger partial charge in [-0.15, -0.1) is 0 Å². The molecule has 0 aliphatic carbocycles. The van der Waals surface area contributed by atoms with Crippen molar-refractivity contribution in [3.63, 3.8) is 0 Å². The third kappa shape index (κ3) is 2.42. The summed E-state index contributed by atoms with van der Waals surface area (Å²) in [5.74, 6) is 0. The Morgan fingerprint density at radius 3 is 2.25 bits per heavy atom. The smallest absolute Gasteiger partial charge is 0.0193 e. The largest absolute Gasteiger partial charge is 0.0846 e. The lowest BCUT2D eigenvalue weighted by Gasteiger charge is -2.00. The molecule has 12 heavy (non-hydrogen) atoms. The molecule has 0 saturated carbocycles. The van der Waals surface area contributed by atoms with Crippen molar-refractivity contribution in [1.82, 2.24) is 0 Å². The van der Waals surface area contributed by atoms with Crippen molar-refractivity contribution >= 4 is 17.1 Å². The third-order valence-corrected chi connectivity index (χ3v) is 2.13. The first kappa shape index (κ1) is 9.40. The summed E-state index contributed by atoms with van der Waals surface area (Å²) in [7, 11) is 0.